The number of para-hydroxylation sites is 1. The van der Waals surface area contributed by atoms with E-state index in [0.29, 0.717) is 0 Å². The van der Waals surface area contributed by atoms with E-state index in [4.69, 9.17) is 0 Å². The molecule has 1 atom stereocenters. The minimum Gasteiger partial charge on any atom is -0.324 e. The molecule has 0 fully saturated rings. The number of anilines is 1. The van der Waals surface area contributed by atoms with Crippen LogP contribution < -0.4 is 10.6 Å². The second-order valence-electron chi connectivity index (χ2n) is 5.62. The number of carbonyl (C=O) groups excluding carboxylic acids is 1. The Labute approximate surface area is 109 Å². The molecule has 0 aromatic heterocycles. The lowest BCUT2D eigenvalue weighted by molar-refractivity contribution is -0.118. The molecular weight excluding hydrogens is 224 g/mol. The Hall–Kier alpha value is -1.35. The van der Waals surface area contributed by atoms with E-state index in [-0.39, 0.29) is 17.5 Å². The Kier molecular flexibility index (Phi) is 3.71. The molecule has 1 amide bonds. The van der Waals surface area contributed by atoms with Gasteiger partial charge in [-0.1, -0.05) is 25.1 Å². The summed E-state index contributed by atoms with van der Waals surface area (Å²) in [5.41, 5.74) is 2.18. The monoisotopic (exact) mass is 246 g/mol. The van der Waals surface area contributed by atoms with Gasteiger partial charge in [-0.2, -0.15) is 0 Å². The van der Waals surface area contributed by atoms with E-state index in [0.717, 1.165) is 24.9 Å². The van der Waals surface area contributed by atoms with E-state index in [9.17, 15) is 4.79 Å². The summed E-state index contributed by atoms with van der Waals surface area (Å²) >= 11 is 0. The fourth-order valence-electron chi connectivity index (χ4n) is 2.22. The fourth-order valence-corrected chi connectivity index (χ4v) is 2.22. The summed E-state index contributed by atoms with van der Waals surface area (Å²) in [5, 5.41) is 6.48. The smallest absolute Gasteiger partial charge is 0.241 e. The molecule has 1 unspecified atom stereocenters. The first-order valence-corrected chi connectivity index (χ1v) is 6.68. The fraction of sp³-hybridized carbons (Fsp3) is 0.533. The van der Waals surface area contributed by atoms with Crippen LogP contribution in [-0.4, -0.2) is 17.5 Å². The Morgan fingerprint density at radius 1 is 1.39 bits per heavy atom. The molecular formula is C15H22N2O. The molecule has 1 aliphatic rings. The van der Waals surface area contributed by atoms with Crippen LogP contribution in [-0.2, 0) is 11.2 Å². The predicted octanol–water partition coefficient (Wildman–Crippen LogP) is 2.72. The van der Waals surface area contributed by atoms with Gasteiger partial charge in [-0.15, -0.1) is 0 Å². The first-order valence-electron chi connectivity index (χ1n) is 6.68. The number of fused-ring (bicyclic) bond motifs is 1. The molecule has 1 aromatic carbocycles. The summed E-state index contributed by atoms with van der Waals surface area (Å²) in [6.07, 6.45) is 2.79. The van der Waals surface area contributed by atoms with Crippen molar-refractivity contribution < 1.29 is 4.79 Å². The average molecular weight is 246 g/mol. The molecule has 0 spiro atoms. The van der Waals surface area contributed by atoms with Crippen LogP contribution in [0.15, 0.2) is 24.3 Å². The Balaban J connectivity index is 2.13. The predicted molar refractivity (Wildman–Crippen MR) is 74.7 cm³/mol. The number of hydrogen-bond acceptors (Lipinski definition) is 2. The zero-order valence-electron chi connectivity index (χ0n) is 11.4. The number of benzene rings is 1. The number of nitrogens with one attached hydrogen (secondary N) is 2. The van der Waals surface area contributed by atoms with Crippen molar-refractivity contribution in [3.63, 3.8) is 0 Å². The number of carbonyl (C=O) groups is 1. The quantitative estimate of drug-likeness (QED) is 0.861. The molecule has 2 rings (SSSR count). The summed E-state index contributed by atoms with van der Waals surface area (Å²) < 4.78 is 0. The van der Waals surface area contributed by atoms with E-state index in [2.05, 4.69) is 37.5 Å². The van der Waals surface area contributed by atoms with E-state index < -0.39 is 0 Å². The van der Waals surface area contributed by atoms with Gasteiger partial charge < -0.3 is 10.6 Å². The van der Waals surface area contributed by atoms with Crippen LogP contribution in [0.4, 0.5) is 5.69 Å². The van der Waals surface area contributed by atoms with Gasteiger partial charge in [0.25, 0.3) is 0 Å². The minimum absolute atomic E-state index is 0.00146. The highest BCUT2D eigenvalue weighted by atomic mass is 16.2. The van der Waals surface area contributed by atoms with Crippen LogP contribution in [0.2, 0.25) is 0 Å². The van der Waals surface area contributed by atoms with Crippen LogP contribution in [0.25, 0.3) is 0 Å². The number of rotatable bonds is 3. The molecule has 0 bridgehead atoms. The molecule has 2 N–H and O–H groups in total. The molecule has 1 aromatic rings. The molecule has 0 aliphatic carbocycles. The standard InChI is InChI=1S/C15H22N2O/c1-4-15(2,3)17-13-10-9-11-7-5-6-8-12(11)16-14(13)18/h5-8,13,17H,4,9-10H2,1-3H3,(H,16,18). The first-order chi connectivity index (χ1) is 8.52. The molecule has 98 valence electrons. The second kappa shape index (κ2) is 5.11. The number of amides is 1. The van der Waals surface area contributed by atoms with Crippen molar-refractivity contribution >= 4 is 11.6 Å². The van der Waals surface area contributed by atoms with Crippen molar-refractivity contribution in [3.8, 4) is 0 Å². The topological polar surface area (TPSA) is 41.1 Å². The first kappa shape index (κ1) is 13.1. The molecule has 1 heterocycles. The highest BCUT2D eigenvalue weighted by Gasteiger charge is 2.27. The van der Waals surface area contributed by atoms with Gasteiger partial charge in [-0.25, -0.2) is 0 Å². The third kappa shape index (κ3) is 2.91. The lowest BCUT2D eigenvalue weighted by Gasteiger charge is -2.29. The maximum absolute atomic E-state index is 12.2. The molecule has 0 saturated carbocycles. The molecule has 1 aliphatic heterocycles. The lowest BCUT2D eigenvalue weighted by Crippen LogP contribution is -2.50. The molecule has 3 heteroatoms. The SMILES string of the molecule is CCC(C)(C)NC1CCc2ccccc2NC1=O. The molecule has 18 heavy (non-hydrogen) atoms. The van der Waals surface area contributed by atoms with Crippen molar-refractivity contribution in [2.24, 2.45) is 0 Å². The van der Waals surface area contributed by atoms with Crippen LogP contribution in [0.1, 0.15) is 39.2 Å². The van der Waals surface area contributed by atoms with Crippen molar-refractivity contribution in [2.45, 2.75) is 51.6 Å². The summed E-state index contributed by atoms with van der Waals surface area (Å²) in [6, 6.07) is 7.94. The van der Waals surface area contributed by atoms with Crippen molar-refractivity contribution in [2.75, 3.05) is 5.32 Å². The maximum atomic E-state index is 12.2. The summed E-state index contributed by atoms with van der Waals surface area (Å²) in [4.78, 5) is 12.2. The van der Waals surface area contributed by atoms with E-state index in [1.54, 1.807) is 0 Å². The van der Waals surface area contributed by atoms with Gasteiger partial charge in [0.05, 0.1) is 6.04 Å². The zero-order chi connectivity index (χ0) is 13.2. The van der Waals surface area contributed by atoms with Crippen molar-refractivity contribution in [1.82, 2.24) is 5.32 Å². The van der Waals surface area contributed by atoms with Gasteiger partial charge in [0, 0.05) is 11.2 Å². The Bertz CT molecular complexity index is 440. The van der Waals surface area contributed by atoms with E-state index in [1.165, 1.54) is 5.56 Å². The third-order valence-electron chi connectivity index (χ3n) is 3.74. The highest BCUT2D eigenvalue weighted by molar-refractivity contribution is 5.96. The van der Waals surface area contributed by atoms with Crippen LogP contribution in [0, 0.1) is 0 Å². The van der Waals surface area contributed by atoms with Gasteiger partial charge in [-0.05, 0) is 44.7 Å². The van der Waals surface area contributed by atoms with Crippen molar-refractivity contribution in [1.29, 1.82) is 0 Å². The lowest BCUT2D eigenvalue weighted by atomic mass is 9.98. The summed E-state index contributed by atoms with van der Waals surface area (Å²) in [7, 11) is 0. The van der Waals surface area contributed by atoms with Gasteiger partial charge in [-0.3, -0.25) is 4.79 Å². The largest absolute Gasteiger partial charge is 0.324 e. The highest BCUT2D eigenvalue weighted by Crippen LogP contribution is 2.22. The second-order valence-corrected chi connectivity index (χ2v) is 5.62. The molecule has 3 nitrogen and oxygen atoms in total. The minimum atomic E-state index is -0.104. The van der Waals surface area contributed by atoms with E-state index in [1.807, 2.05) is 18.2 Å². The zero-order valence-corrected chi connectivity index (χ0v) is 11.4. The third-order valence-corrected chi connectivity index (χ3v) is 3.74. The Morgan fingerprint density at radius 3 is 2.83 bits per heavy atom. The Morgan fingerprint density at radius 2 is 2.11 bits per heavy atom. The van der Waals surface area contributed by atoms with Gasteiger partial charge >= 0.3 is 0 Å². The van der Waals surface area contributed by atoms with Crippen LogP contribution in [0.5, 0.6) is 0 Å². The number of hydrogen-bond donors (Lipinski definition) is 2. The van der Waals surface area contributed by atoms with Crippen LogP contribution >= 0.6 is 0 Å². The summed E-state index contributed by atoms with van der Waals surface area (Å²) in [6.45, 7) is 6.41. The molecule has 0 radical (unpaired) electrons. The summed E-state index contributed by atoms with van der Waals surface area (Å²) in [5.74, 6) is 0.0847. The average Bonchev–Trinajstić information content (AvgIpc) is 2.49. The normalized spacial score (nSPS) is 19.9. The maximum Gasteiger partial charge on any atom is 0.241 e. The number of aryl methyl sites for hydroxylation is 1. The molecule has 0 saturated heterocycles. The van der Waals surface area contributed by atoms with Gasteiger partial charge in [0.2, 0.25) is 5.91 Å². The van der Waals surface area contributed by atoms with Crippen molar-refractivity contribution in [3.05, 3.63) is 29.8 Å². The van der Waals surface area contributed by atoms with Gasteiger partial charge in [0.15, 0.2) is 0 Å². The van der Waals surface area contributed by atoms with Gasteiger partial charge in [0.1, 0.15) is 0 Å². The van der Waals surface area contributed by atoms with Crippen LogP contribution in [0.3, 0.4) is 0 Å². The van der Waals surface area contributed by atoms with E-state index >= 15 is 0 Å².